The molecule has 2 aliphatic rings. The van der Waals surface area contributed by atoms with Gasteiger partial charge in [-0.2, -0.15) is 0 Å². The number of hydrogen-bond acceptors (Lipinski definition) is 6. The molecule has 6 heteroatoms. The van der Waals surface area contributed by atoms with Crippen LogP contribution < -0.4 is 4.74 Å². The molecular weight excluding hydrogens is 250 g/mol. The molecule has 3 atom stereocenters. The zero-order chi connectivity index (χ0) is 12.4. The summed E-state index contributed by atoms with van der Waals surface area (Å²) in [7, 11) is 0. The Labute approximate surface area is 111 Å². The molecule has 0 N–H and O–H groups in total. The second-order valence-corrected chi connectivity index (χ2v) is 4.20. The van der Waals surface area contributed by atoms with Crippen LogP contribution in [-0.4, -0.2) is 36.7 Å². The van der Waals surface area contributed by atoms with Gasteiger partial charge in [0.1, 0.15) is 6.10 Å². The number of nitrogens with zero attached hydrogens (tertiary/aromatic N) is 1. The summed E-state index contributed by atoms with van der Waals surface area (Å²) in [6.07, 6.45) is 1.09. The van der Waals surface area contributed by atoms with Gasteiger partial charge in [0, 0.05) is 12.3 Å². The second kappa shape index (κ2) is 5.99. The zero-order valence-electron chi connectivity index (χ0n) is 9.65. The lowest BCUT2D eigenvalue weighted by Gasteiger charge is -2.14. The summed E-state index contributed by atoms with van der Waals surface area (Å²) >= 11 is 0. The Morgan fingerprint density at radius 1 is 1.37 bits per heavy atom. The Bertz CT molecular complexity index is 424. The molecule has 1 aromatic rings. The van der Waals surface area contributed by atoms with Gasteiger partial charge in [-0.25, -0.2) is 9.78 Å². The van der Waals surface area contributed by atoms with Gasteiger partial charge >= 0.3 is 6.16 Å². The average Bonchev–Trinajstić information content (AvgIpc) is 2.95. The van der Waals surface area contributed by atoms with Gasteiger partial charge in [-0.05, 0) is 12.5 Å². The first-order valence-electron chi connectivity index (χ1n) is 5.85. The van der Waals surface area contributed by atoms with Gasteiger partial charge < -0.3 is 18.9 Å². The van der Waals surface area contributed by atoms with Crippen molar-refractivity contribution in [2.24, 2.45) is 5.92 Å². The fourth-order valence-corrected chi connectivity index (χ4v) is 2.19. The van der Waals surface area contributed by atoms with E-state index in [1.165, 1.54) is 0 Å². The maximum Gasteiger partial charge on any atom is 0.515 e. The largest absolute Gasteiger partial charge is 0.515 e. The van der Waals surface area contributed by atoms with Crippen LogP contribution in [0.2, 0.25) is 0 Å². The van der Waals surface area contributed by atoms with E-state index in [1.54, 1.807) is 24.4 Å². The molecule has 19 heavy (non-hydrogen) atoms. The van der Waals surface area contributed by atoms with E-state index < -0.39 is 6.16 Å². The molecule has 0 radical (unpaired) electrons. The normalized spacial score (nSPS) is 28.3. The Kier molecular flexibility index (Phi) is 4.34. The lowest BCUT2D eigenvalue weighted by atomic mass is 10.0. The number of ether oxygens (including phenoxy) is 4. The topological polar surface area (TPSA) is 66.9 Å². The fourth-order valence-electron chi connectivity index (χ4n) is 2.19. The molecule has 3 rings (SSSR count). The summed E-state index contributed by atoms with van der Waals surface area (Å²) in [6.45, 7) is 0.997. The molecule has 0 spiro atoms. The molecule has 0 aliphatic carbocycles. The van der Waals surface area contributed by atoms with E-state index >= 15 is 0 Å². The molecule has 2 fully saturated rings. The first kappa shape index (κ1) is 13.8. The highest BCUT2D eigenvalue weighted by Gasteiger charge is 2.44. The highest BCUT2D eigenvalue weighted by Crippen LogP contribution is 2.33. The van der Waals surface area contributed by atoms with Crippen molar-refractivity contribution >= 4 is 6.16 Å². The minimum Gasteiger partial charge on any atom is -0.428 e. The Morgan fingerprint density at radius 3 is 3.05 bits per heavy atom. The lowest BCUT2D eigenvalue weighted by molar-refractivity contribution is -0.0907. The Morgan fingerprint density at radius 2 is 2.26 bits per heavy atom. The van der Waals surface area contributed by atoms with Crippen LogP contribution in [-0.2, 0) is 14.2 Å². The zero-order valence-corrected chi connectivity index (χ0v) is 9.65. The molecule has 2 aliphatic heterocycles. The van der Waals surface area contributed by atoms with E-state index in [9.17, 15) is 4.79 Å². The van der Waals surface area contributed by atoms with Crippen molar-refractivity contribution in [1.82, 2.24) is 4.98 Å². The van der Waals surface area contributed by atoms with Crippen LogP contribution in [0.4, 0.5) is 4.79 Å². The van der Waals surface area contributed by atoms with Crippen LogP contribution in [0.15, 0.2) is 24.4 Å². The fraction of sp³-hybridized carbons (Fsp3) is 0.538. The number of carbonyl (C=O) groups is 1. The van der Waals surface area contributed by atoms with Crippen molar-refractivity contribution in [2.45, 2.75) is 26.2 Å². The van der Waals surface area contributed by atoms with Crippen molar-refractivity contribution in [3.05, 3.63) is 24.4 Å². The third-order valence-corrected chi connectivity index (χ3v) is 3.06. The van der Waals surface area contributed by atoms with Gasteiger partial charge in [-0.15, -0.1) is 0 Å². The summed E-state index contributed by atoms with van der Waals surface area (Å²) in [5, 5.41) is 0. The standard InChI is InChI=1S/C12H13NO5.CH4/c14-12(18-10-3-1-2-5-13-10)17-9-7-16-11-8(9)4-6-15-11;/h1-3,5,8-9,11H,4,6-7H2;1H4/t8-,9-,11+;/m0./s1. The molecule has 0 bridgehead atoms. The third kappa shape index (κ3) is 3.02. The Hall–Kier alpha value is -1.66. The summed E-state index contributed by atoms with van der Waals surface area (Å²) in [6, 6.07) is 5.06. The second-order valence-electron chi connectivity index (χ2n) is 4.20. The van der Waals surface area contributed by atoms with Crippen LogP contribution in [0.25, 0.3) is 0 Å². The van der Waals surface area contributed by atoms with E-state index in [0.29, 0.717) is 13.2 Å². The highest BCUT2D eigenvalue weighted by atomic mass is 16.8. The maximum absolute atomic E-state index is 11.6. The number of hydrogen-bond donors (Lipinski definition) is 0. The molecule has 1 aromatic heterocycles. The molecular formula is C13H17NO5. The van der Waals surface area contributed by atoms with Crippen molar-refractivity contribution in [3.63, 3.8) is 0 Å². The number of rotatable bonds is 2. The smallest absolute Gasteiger partial charge is 0.428 e. The molecule has 0 aromatic carbocycles. The number of pyridine rings is 1. The van der Waals surface area contributed by atoms with Crippen molar-refractivity contribution in [2.75, 3.05) is 13.2 Å². The van der Waals surface area contributed by atoms with Crippen molar-refractivity contribution < 1.29 is 23.7 Å². The lowest BCUT2D eigenvalue weighted by Crippen LogP contribution is -2.28. The van der Waals surface area contributed by atoms with E-state index in [0.717, 1.165) is 6.42 Å². The van der Waals surface area contributed by atoms with Gasteiger partial charge in [-0.3, -0.25) is 0 Å². The van der Waals surface area contributed by atoms with E-state index in [2.05, 4.69) is 4.98 Å². The average molecular weight is 267 g/mol. The number of aromatic nitrogens is 1. The van der Waals surface area contributed by atoms with Gasteiger partial charge in [0.2, 0.25) is 5.88 Å². The van der Waals surface area contributed by atoms with Gasteiger partial charge in [0.25, 0.3) is 0 Å². The molecule has 6 nitrogen and oxygen atoms in total. The first-order chi connectivity index (χ1) is 8.83. The summed E-state index contributed by atoms with van der Waals surface area (Å²) in [4.78, 5) is 15.5. The quantitative estimate of drug-likeness (QED) is 0.763. The first-order valence-corrected chi connectivity index (χ1v) is 5.85. The molecule has 0 saturated carbocycles. The van der Waals surface area contributed by atoms with Crippen LogP contribution in [0.3, 0.4) is 0 Å². The predicted octanol–water partition coefficient (Wildman–Crippen LogP) is 1.99. The third-order valence-electron chi connectivity index (χ3n) is 3.06. The summed E-state index contributed by atoms with van der Waals surface area (Å²) < 4.78 is 20.9. The maximum atomic E-state index is 11.6. The number of carbonyl (C=O) groups excluding carboxylic acids is 1. The van der Waals surface area contributed by atoms with Crippen LogP contribution in [0, 0.1) is 5.92 Å². The van der Waals surface area contributed by atoms with Crippen molar-refractivity contribution in [1.29, 1.82) is 0 Å². The highest BCUT2D eigenvalue weighted by molar-refractivity contribution is 5.63. The molecule has 0 amide bonds. The summed E-state index contributed by atoms with van der Waals surface area (Å²) in [5.74, 6) is 0.335. The predicted molar refractivity (Wildman–Crippen MR) is 65.7 cm³/mol. The van der Waals surface area contributed by atoms with Crippen LogP contribution in [0.5, 0.6) is 5.88 Å². The molecule has 3 heterocycles. The van der Waals surface area contributed by atoms with E-state index in [-0.39, 0.29) is 31.6 Å². The minimum atomic E-state index is -0.755. The van der Waals surface area contributed by atoms with E-state index in [4.69, 9.17) is 18.9 Å². The molecule has 2 saturated heterocycles. The SMILES string of the molecule is C.O=C(Oc1ccccn1)O[C@H]1CO[C@H]2OCC[C@H]21. The molecule has 104 valence electrons. The monoisotopic (exact) mass is 267 g/mol. The summed E-state index contributed by atoms with van der Waals surface area (Å²) in [5.41, 5.74) is 0. The number of fused-ring (bicyclic) bond motifs is 1. The van der Waals surface area contributed by atoms with Crippen molar-refractivity contribution in [3.8, 4) is 5.88 Å². The van der Waals surface area contributed by atoms with Crippen LogP contribution >= 0.6 is 0 Å². The van der Waals surface area contributed by atoms with Gasteiger partial charge in [0.15, 0.2) is 6.29 Å². The van der Waals surface area contributed by atoms with E-state index in [1.807, 2.05) is 0 Å². The Balaban J connectivity index is 0.00000133. The van der Waals surface area contributed by atoms with Gasteiger partial charge in [-0.1, -0.05) is 13.5 Å². The molecule has 0 unspecified atom stereocenters. The van der Waals surface area contributed by atoms with Gasteiger partial charge in [0.05, 0.1) is 19.1 Å². The van der Waals surface area contributed by atoms with Crippen LogP contribution in [0.1, 0.15) is 13.8 Å². The minimum absolute atomic E-state index is 0.